The van der Waals surface area contributed by atoms with Crippen molar-refractivity contribution < 1.29 is 9.53 Å². The van der Waals surface area contributed by atoms with Gasteiger partial charge in [0.15, 0.2) is 0 Å². The Balaban J connectivity index is 1.68. The number of hydrogen-bond donors (Lipinski definition) is 1. The van der Waals surface area contributed by atoms with Crippen LogP contribution in [0, 0.1) is 13.8 Å². The van der Waals surface area contributed by atoms with E-state index in [9.17, 15) is 9.59 Å². The first-order valence-corrected chi connectivity index (χ1v) is 11.0. The first-order chi connectivity index (χ1) is 15.9. The lowest BCUT2D eigenvalue weighted by Gasteiger charge is -2.23. The molecule has 1 amide bonds. The van der Waals surface area contributed by atoms with Crippen LogP contribution in [0.1, 0.15) is 32.6 Å². The molecule has 0 bridgehead atoms. The van der Waals surface area contributed by atoms with Gasteiger partial charge in [0, 0.05) is 28.6 Å². The number of pyridine rings is 1. The van der Waals surface area contributed by atoms with Crippen LogP contribution in [0.5, 0.6) is 5.75 Å². The highest BCUT2D eigenvalue weighted by Gasteiger charge is 2.19. The molecule has 0 saturated carbocycles. The molecule has 0 spiro atoms. The van der Waals surface area contributed by atoms with Crippen molar-refractivity contribution in [3.05, 3.63) is 111 Å². The molecule has 5 nitrogen and oxygen atoms in total. The van der Waals surface area contributed by atoms with Crippen molar-refractivity contribution in [1.82, 2.24) is 9.88 Å². The summed E-state index contributed by atoms with van der Waals surface area (Å²) in [6.45, 7) is 4.76. The maximum Gasteiger partial charge on any atom is 0.254 e. The van der Waals surface area contributed by atoms with Gasteiger partial charge in [-0.25, -0.2) is 0 Å². The van der Waals surface area contributed by atoms with Gasteiger partial charge in [0.2, 0.25) is 0 Å². The van der Waals surface area contributed by atoms with E-state index in [4.69, 9.17) is 4.74 Å². The van der Waals surface area contributed by atoms with Gasteiger partial charge in [0.05, 0.1) is 13.7 Å². The van der Waals surface area contributed by atoms with E-state index in [0.29, 0.717) is 29.8 Å². The van der Waals surface area contributed by atoms with Gasteiger partial charge >= 0.3 is 0 Å². The number of hydrogen-bond acceptors (Lipinski definition) is 3. The number of fused-ring (bicyclic) bond motifs is 1. The van der Waals surface area contributed by atoms with Crippen LogP contribution in [-0.4, -0.2) is 29.4 Å². The van der Waals surface area contributed by atoms with E-state index in [0.717, 1.165) is 27.6 Å². The van der Waals surface area contributed by atoms with E-state index in [-0.39, 0.29) is 18.0 Å². The summed E-state index contributed by atoms with van der Waals surface area (Å²) in [5, 5.41) is 0.993. The van der Waals surface area contributed by atoms with Gasteiger partial charge in [-0.2, -0.15) is 0 Å². The molecule has 0 fully saturated rings. The molecule has 33 heavy (non-hydrogen) atoms. The van der Waals surface area contributed by atoms with Crippen LogP contribution in [0.15, 0.2) is 77.6 Å². The standard InChI is InChI=1S/C28H28N2O3/c1-19-14-20(2)25-17-23(27(31)29-26(25)15-19)18-30(13-12-21-8-5-4-6-9-21)28(32)22-10-7-11-24(16-22)33-3/h4-11,14-17H,12-13,18H2,1-3H3,(H,29,31). The van der Waals surface area contributed by atoms with Gasteiger partial charge in [-0.15, -0.1) is 0 Å². The molecule has 1 heterocycles. The SMILES string of the molecule is COc1cccc(C(=O)N(CCc2ccccc2)Cc2cc3c(C)cc(C)cc3[nH]c2=O)c1. The highest BCUT2D eigenvalue weighted by atomic mass is 16.5. The van der Waals surface area contributed by atoms with Crippen LogP contribution in [0.3, 0.4) is 0 Å². The number of aromatic nitrogens is 1. The van der Waals surface area contributed by atoms with E-state index < -0.39 is 0 Å². The van der Waals surface area contributed by atoms with Crippen LogP contribution in [0.4, 0.5) is 0 Å². The Morgan fingerprint density at radius 1 is 0.970 bits per heavy atom. The second-order valence-corrected chi connectivity index (χ2v) is 8.36. The molecule has 4 rings (SSSR count). The van der Waals surface area contributed by atoms with Crippen molar-refractivity contribution in [3.63, 3.8) is 0 Å². The number of carbonyl (C=O) groups is 1. The second kappa shape index (κ2) is 9.74. The molecular weight excluding hydrogens is 412 g/mol. The molecule has 168 valence electrons. The zero-order chi connectivity index (χ0) is 23.4. The topological polar surface area (TPSA) is 62.4 Å². The van der Waals surface area contributed by atoms with Crippen molar-refractivity contribution in [2.75, 3.05) is 13.7 Å². The summed E-state index contributed by atoms with van der Waals surface area (Å²) in [5.74, 6) is 0.489. The summed E-state index contributed by atoms with van der Waals surface area (Å²) >= 11 is 0. The van der Waals surface area contributed by atoms with Crippen LogP contribution in [-0.2, 0) is 13.0 Å². The number of nitrogens with one attached hydrogen (secondary N) is 1. The largest absolute Gasteiger partial charge is 0.497 e. The van der Waals surface area contributed by atoms with Crippen molar-refractivity contribution in [2.24, 2.45) is 0 Å². The number of rotatable bonds is 7. The fourth-order valence-electron chi connectivity index (χ4n) is 4.14. The molecule has 5 heteroatoms. The number of aryl methyl sites for hydroxylation is 2. The highest BCUT2D eigenvalue weighted by Crippen LogP contribution is 2.20. The van der Waals surface area contributed by atoms with E-state index >= 15 is 0 Å². The third-order valence-corrected chi connectivity index (χ3v) is 5.87. The molecule has 1 aromatic heterocycles. The zero-order valence-electron chi connectivity index (χ0n) is 19.2. The molecule has 0 unspecified atom stereocenters. The molecule has 0 aliphatic rings. The Hall–Kier alpha value is -3.86. The second-order valence-electron chi connectivity index (χ2n) is 8.36. The number of amides is 1. The highest BCUT2D eigenvalue weighted by molar-refractivity contribution is 5.94. The summed E-state index contributed by atoms with van der Waals surface area (Å²) in [5.41, 5.74) is 5.08. The monoisotopic (exact) mass is 440 g/mol. The van der Waals surface area contributed by atoms with Gasteiger partial charge in [0.25, 0.3) is 11.5 Å². The number of carbonyl (C=O) groups excluding carboxylic acids is 1. The first-order valence-electron chi connectivity index (χ1n) is 11.0. The Labute approximate surface area is 193 Å². The molecular formula is C28H28N2O3. The van der Waals surface area contributed by atoms with Gasteiger partial charge in [-0.05, 0) is 67.3 Å². The molecule has 3 aromatic carbocycles. The van der Waals surface area contributed by atoms with E-state index in [1.54, 1.807) is 30.2 Å². The minimum atomic E-state index is -0.171. The van der Waals surface area contributed by atoms with Crippen LogP contribution in [0.25, 0.3) is 10.9 Å². The third kappa shape index (κ3) is 5.14. The third-order valence-electron chi connectivity index (χ3n) is 5.87. The smallest absolute Gasteiger partial charge is 0.254 e. The lowest BCUT2D eigenvalue weighted by Crippen LogP contribution is -2.34. The van der Waals surface area contributed by atoms with Crippen LogP contribution < -0.4 is 10.3 Å². The number of methoxy groups -OCH3 is 1. The Kier molecular flexibility index (Phi) is 6.59. The fourth-order valence-corrected chi connectivity index (χ4v) is 4.14. The number of benzene rings is 3. The number of H-pyrrole nitrogens is 1. The molecule has 1 N–H and O–H groups in total. The molecule has 0 atom stereocenters. The summed E-state index contributed by atoms with van der Waals surface area (Å²) in [4.78, 5) is 31.1. The maximum absolute atomic E-state index is 13.5. The average Bonchev–Trinajstić information content (AvgIpc) is 2.82. The lowest BCUT2D eigenvalue weighted by molar-refractivity contribution is 0.0744. The summed E-state index contributed by atoms with van der Waals surface area (Å²) in [6.07, 6.45) is 0.695. The lowest BCUT2D eigenvalue weighted by atomic mass is 10.0. The van der Waals surface area contributed by atoms with Crippen molar-refractivity contribution in [2.45, 2.75) is 26.8 Å². The number of ether oxygens (including phenoxy) is 1. The quantitative estimate of drug-likeness (QED) is 0.438. The van der Waals surface area contributed by atoms with Crippen LogP contribution >= 0.6 is 0 Å². The predicted molar refractivity (Wildman–Crippen MR) is 132 cm³/mol. The summed E-state index contributed by atoms with van der Waals surface area (Å²) < 4.78 is 5.30. The van der Waals surface area contributed by atoms with Gasteiger partial charge in [0.1, 0.15) is 5.75 Å². The molecule has 0 saturated heterocycles. The van der Waals surface area contributed by atoms with Gasteiger partial charge in [-0.3, -0.25) is 9.59 Å². The average molecular weight is 441 g/mol. The Morgan fingerprint density at radius 2 is 1.76 bits per heavy atom. The van der Waals surface area contributed by atoms with E-state index in [2.05, 4.69) is 11.1 Å². The molecule has 0 aliphatic heterocycles. The molecule has 0 aliphatic carbocycles. The minimum absolute atomic E-state index is 0.134. The van der Waals surface area contributed by atoms with Crippen molar-refractivity contribution in [3.8, 4) is 5.75 Å². The van der Waals surface area contributed by atoms with Crippen LogP contribution in [0.2, 0.25) is 0 Å². The van der Waals surface area contributed by atoms with E-state index in [1.807, 2.05) is 62.4 Å². The Morgan fingerprint density at radius 3 is 2.52 bits per heavy atom. The summed E-state index contributed by atoms with van der Waals surface area (Å²) in [7, 11) is 1.58. The fraction of sp³-hybridized carbons (Fsp3) is 0.214. The molecule has 4 aromatic rings. The number of nitrogens with zero attached hydrogens (tertiary/aromatic N) is 1. The minimum Gasteiger partial charge on any atom is -0.497 e. The summed E-state index contributed by atoms with van der Waals surface area (Å²) in [6, 6.07) is 23.1. The van der Waals surface area contributed by atoms with Crippen molar-refractivity contribution >= 4 is 16.8 Å². The zero-order valence-corrected chi connectivity index (χ0v) is 19.2. The predicted octanol–water partition coefficient (Wildman–Crippen LogP) is 5.04. The van der Waals surface area contributed by atoms with Crippen molar-refractivity contribution in [1.29, 1.82) is 0 Å². The molecule has 0 radical (unpaired) electrons. The Bertz CT molecular complexity index is 1340. The number of aromatic amines is 1. The normalized spacial score (nSPS) is 10.9. The van der Waals surface area contributed by atoms with Gasteiger partial charge < -0.3 is 14.6 Å². The van der Waals surface area contributed by atoms with E-state index in [1.165, 1.54) is 0 Å². The van der Waals surface area contributed by atoms with Gasteiger partial charge in [-0.1, -0.05) is 42.5 Å². The first kappa shape index (κ1) is 22.3. The maximum atomic E-state index is 13.5.